The molecule has 21 heavy (non-hydrogen) atoms. The van der Waals surface area contributed by atoms with Crippen LogP contribution < -0.4 is 5.32 Å². The van der Waals surface area contributed by atoms with Crippen molar-refractivity contribution in [1.82, 2.24) is 5.32 Å². The second-order valence-electron chi connectivity index (χ2n) is 5.28. The van der Waals surface area contributed by atoms with Crippen molar-refractivity contribution >= 4 is 11.9 Å². The Kier molecular flexibility index (Phi) is 5.96. The highest BCUT2D eigenvalue weighted by atomic mass is 16.5. The predicted octanol–water partition coefficient (Wildman–Crippen LogP) is 2.01. The fourth-order valence-corrected chi connectivity index (χ4v) is 2.30. The average molecular weight is 297 g/mol. The summed E-state index contributed by atoms with van der Waals surface area (Å²) >= 11 is 0. The first-order valence-electron chi connectivity index (χ1n) is 7.00. The number of furan rings is 1. The summed E-state index contributed by atoms with van der Waals surface area (Å²) in [6.07, 6.45) is 1.26. The van der Waals surface area contributed by atoms with E-state index < -0.39 is 17.4 Å². The van der Waals surface area contributed by atoms with Gasteiger partial charge < -0.3 is 19.6 Å². The molecule has 0 spiro atoms. The number of aryl methyl sites for hydroxylation is 2. The lowest BCUT2D eigenvalue weighted by Gasteiger charge is -2.27. The van der Waals surface area contributed by atoms with Crippen LogP contribution >= 0.6 is 0 Å². The number of hydrogen-bond donors (Lipinski definition) is 2. The van der Waals surface area contributed by atoms with Gasteiger partial charge in [-0.05, 0) is 25.0 Å². The average Bonchev–Trinajstić information content (AvgIpc) is 2.80. The first-order valence-corrected chi connectivity index (χ1v) is 7.00. The lowest BCUT2D eigenvalue weighted by atomic mass is 9.98. The molecule has 0 fully saturated rings. The normalized spacial score (nSPS) is 13.7. The molecule has 2 N–H and O–H groups in total. The van der Waals surface area contributed by atoms with E-state index >= 15 is 0 Å². The summed E-state index contributed by atoms with van der Waals surface area (Å²) in [5.41, 5.74) is 0.0118. The molecule has 118 valence electrons. The van der Waals surface area contributed by atoms with Crippen molar-refractivity contribution in [3.63, 3.8) is 0 Å². The third-order valence-corrected chi connectivity index (χ3v) is 3.24. The van der Waals surface area contributed by atoms with Crippen LogP contribution in [0.3, 0.4) is 0 Å². The summed E-state index contributed by atoms with van der Waals surface area (Å²) in [5, 5.41) is 11.6. The fraction of sp³-hybridized carbons (Fsp3) is 0.600. The van der Waals surface area contributed by atoms with Crippen LogP contribution in [0.5, 0.6) is 0 Å². The van der Waals surface area contributed by atoms with Gasteiger partial charge in [0.05, 0.1) is 18.6 Å². The van der Waals surface area contributed by atoms with E-state index in [4.69, 9.17) is 14.3 Å². The Morgan fingerprint density at radius 2 is 2.05 bits per heavy atom. The number of methoxy groups -OCH3 is 1. The van der Waals surface area contributed by atoms with E-state index in [-0.39, 0.29) is 18.8 Å². The number of rotatable bonds is 8. The molecule has 0 saturated carbocycles. The number of carbonyl (C=O) groups is 2. The maximum atomic E-state index is 12.3. The number of ether oxygens (including phenoxy) is 1. The van der Waals surface area contributed by atoms with E-state index in [2.05, 4.69) is 5.32 Å². The molecule has 1 rings (SSSR count). The van der Waals surface area contributed by atoms with Crippen molar-refractivity contribution in [1.29, 1.82) is 0 Å². The van der Waals surface area contributed by atoms with Crippen molar-refractivity contribution < 1.29 is 23.8 Å². The molecule has 6 nitrogen and oxygen atoms in total. The molecule has 6 heteroatoms. The van der Waals surface area contributed by atoms with E-state index in [1.165, 1.54) is 7.11 Å². The summed E-state index contributed by atoms with van der Waals surface area (Å²) in [7, 11) is 1.46. The Hall–Kier alpha value is -1.82. The van der Waals surface area contributed by atoms with E-state index in [0.29, 0.717) is 6.42 Å². The van der Waals surface area contributed by atoms with Crippen LogP contribution in [0.2, 0.25) is 0 Å². The Morgan fingerprint density at radius 3 is 2.48 bits per heavy atom. The second-order valence-corrected chi connectivity index (χ2v) is 5.28. The van der Waals surface area contributed by atoms with E-state index in [1.54, 1.807) is 13.0 Å². The Morgan fingerprint density at radius 1 is 1.38 bits per heavy atom. The first-order chi connectivity index (χ1) is 9.85. The topological polar surface area (TPSA) is 88.8 Å². The predicted molar refractivity (Wildman–Crippen MR) is 77.5 cm³/mol. The number of nitrogens with one attached hydrogen (secondary N) is 1. The molecule has 0 bridgehead atoms. The standard InChI is InChI=1S/C15H23NO5/c1-5-10-7-12(21-11(10)6-2)14(19)16-15(3,9-20-4)8-13(17)18/h7H,5-6,8-9H2,1-4H3,(H,16,19)(H,17,18). The van der Waals surface area contributed by atoms with Crippen molar-refractivity contribution in [2.24, 2.45) is 0 Å². The van der Waals surface area contributed by atoms with Crippen molar-refractivity contribution in [2.75, 3.05) is 13.7 Å². The zero-order valence-corrected chi connectivity index (χ0v) is 13.0. The Balaban J connectivity index is 2.91. The molecule has 0 aromatic carbocycles. The van der Waals surface area contributed by atoms with Crippen LogP contribution in [0.25, 0.3) is 0 Å². The second kappa shape index (κ2) is 7.26. The molecule has 1 atom stereocenters. The largest absolute Gasteiger partial charge is 0.481 e. The van der Waals surface area contributed by atoms with Crippen LogP contribution in [0.15, 0.2) is 10.5 Å². The SMILES string of the molecule is CCc1cc(C(=O)NC(C)(COC)CC(=O)O)oc1CC. The highest BCUT2D eigenvalue weighted by Gasteiger charge is 2.31. The van der Waals surface area contributed by atoms with Gasteiger partial charge in [-0.2, -0.15) is 0 Å². The van der Waals surface area contributed by atoms with Crippen molar-refractivity contribution in [2.45, 2.75) is 45.6 Å². The van der Waals surface area contributed by atoms with Gasteiger partial charge >= 0.3 is 5.97 Å². The molecule has 0 radical (unpaired) electrons. The van der Waals surface area contributed by atoms with Gasteiger partial charge in [-0.15, -0.1) is 0 Å². The number of carboxylic acids is 1. The van der Waals surface area contributed by atoms with Gasteiger partial charge in [-0.3, -0.25) is 9.59 Å². The summed E-state index contributed by atoms with van der Waals surface area (Å²) in [6.45, 7) is 5.68. The van der Waals surface area contributed by atoms with Gasteiger partial charge in [0.1, 0.15) is 5.76 Å². The summed E-state index contributed by atoms with van der Waals surface area (Å²) in [4.78, 5) is 23.2. The maximum Gasteiger partial charge on any atom is 0.305 e. The monoisotopic (exact) mass is 297 g/mol. The molecule has 0 saturated heterocycles. The summed E-state index contributed by atoms with van der Waals surface area (Å²) in [5.74, 6) is -0.436. The van der Waals surface area contributed by atoms with E-state index in [9.17, 15) is 9.59 Å². The van der Waals surface area contributed by atoms with Gasteiger partial charge in [-0.1, -0.05) is 13.8 Å². The summed E-state index contributed by atoms with van der Waals surface area (Å²) < 4.78 is 10.6. The number of carbonyl (C=O) groups excluding carboxylic acids is 1. The summed E-state index contributed by atoms with van der Waals surface area (Å²) in [6, 6.07) is 1.71. The minimum atomic E-state index is -1.00. The lowest BCUT2D eigenvalue weighted by Crippen LogP contribution is -2.50. The highest BCUT2D eigenvalue weighted by molar-refractivity contribution is 5.92. The Bertz CT molecular complexity index is 487. The van der Waals surface area contributed by atoms with Crippen LogP contribution in [-0.2, 0) is 22.4 Å². The van der Waals surface area contributed by atoms with E-state index in [0.717, 1.165) is 17.7 Å². The zero-order valence-electron chi connectivity index (χ0n) is 13.0. The third kappa shape index (κ3) is 4.60. The number of aliphatic carboxylic acids is 1. The molecule has 1 unspecified atom stereocenters. The molecule has 1 aromatic heterocycles. The number of carboxylic acid groups (broad SMARTS) is 1. The highest BCUT2D eigenvalue weighted by Crippen LogP contribution is 2.19. The van der Waals surface area contributed by atoms with Crippen molar-refractivity contribution in [3.05, 3.63) is 23.2 Å². The maximum absolute atomic E-state index is 12.3. The first kappa shape index (κ1) is 17.2. The molecular formula is C15H23NO5. The van der Waals surface area contributed by atoms with Crippen LogP contribution in [0.1, 0.15) is 49.1 Å². The molecule has 0 aliphatic carbocycles. The zero-order chi connectivity index (χ0) is 16.0. The molecule has 1 aromatic rings. The molecule has 0 aliphatic rings. The molecule has 1 heterocycles. The third-order valence-electron chi connectivity index (χ3n) is 3.24. The quantitative estimate of drug-likeness (QED) is 0.766. The molecule has 1 amide bonds. The molecular weight excluding hydrogens is 274 g/mol. The van der Waals surface area contributed by atoms with Crippen LogP contribution in [0.4, 0.5) is 0 Å². The number of hydrogen-bond acceptors (Lipinski definition) is 4. The Labute approximate surface area is 124 Å². The van der Waals surface area contributed by atoms with Gasteiger partial charge in [0, 0.05) is 13.5 Å². The fourth-order valence-electron chi connectivity index (χ4n) is 2.30. The van der Waals surface area contributed by atoms with E-state index in [1.807, 2.05) is 13.8 Å². The van der Waals surface area contributed by atoms with Gasteiger partial charge in [-0.25, -0.2) is 0 Å². The minimum absolute atomic E-state index is 0.104. The van der Waals surface area contributed by atoms with Gasteiger partial charge in [0.25, 0.3) is 5.91 Å². The smallest absolute Gasteiger partial charge is 0.305 e. The molecule has 0 aliphatic heterocycles. The minimum Gasteiger partial charge on any atom is -0.481 e. The number of amides is 1. The van der Waals surface area contributed by atoms with Crippen LogP contribution in [-0.4, -0.2) is 36.2 Å². The van der Waals surface area contributed by atoms with Crippen molar-refractivity contribution in [3.8, 4) is 0 Å². The van der Waals surface area contributed by atoms with Gasteiger partial charge in [0.15, 0.2) is 5.76 Å². The van der Waals surface area contributed by atoms with Gasteiger partial charge in [0.2, 0.25) is 0 Å². The van der Waals surface area contributed by atoms with Crippen LogP contribution in [0, 0.1) is 0 Å². The lowest BCUT2D eigenvalue weighted by molar-refractivity contribution is -0.139.